The lowest BCUT2D eigenvalue weighted by Gasteiger charge is -2.08. The Bertz CT molecular complexity index is 1050. The van der Waals surface area contributed by atoms with Crippen molar-refractivity contribution in [1.29, 1.82) is 0 Å². The fourth-order valence-corrected chi connectivity index (χ4v) is 3.25. The molecule has 1 aromatic carbocycles. The van der Waals surface area contributed by atoms with E-state index >= 15 is 0 Å². The van der Waals surface area contributed by atoms with E-state index in [9.17, 15) is 0 Å². The SMILES string of the molecule is Cc1nn(Cc2c(Cl)cccc2Cl)c2nc(-c3ccco3)nc(N)c12. The molecule has 0 radical (unpaired) electrons. The third kappa shape index (κ3) is 2.73. The smallest absolute Gasteiger partial charge is 0.199 e. The van der Waals surface area contributed by atoms with Crippen LogP contribution in [0.3, 0.4) is 0 Å². The zero-order valence-corrected chi connectivity index (χ0v) is 14.7. The Morgan fingerprint density at radius 2 is 1.88 bits per heavy atom. The summed E-state index contributed by atoms with van der Waals surface area (Å²) in [6.45, 7) is 2.23. The van der Waals surface area contributed by atoms with Gasteiger partial charge in [0.25, 0.3) is 0 Å². The van der Waals surface area contributed by atoms with Gasteiger partial charge in [-0.3, -0.25) is 0 Å². The second-order valence-electron chi connectivity index (χ2n) is 5.55. The monoisotopic (exact) mass is 373 g/mol. The van der Waals surface area contributed by atoms with Gasteiger partial charge in [-0.25, -0.2) is 14.6 Å². The molecule has 0 saturated heterocycles. The molecule has 0 amide bonds. The molecule has 0 aliphatic heterocycles. The molecule has 0 spiro atoms. The number of rotatable bonds is 3. The summed E-state index contributed by atoms with van der Waals surface area (Å²) in [7, 11) is 0. The van der Waals surface area contributed by atoms with Crippen LogP contribution in [0.2, 0.25) is 10.0 Å². The van der Waals surface area contributed by atoms with Gasteiger partial charge in [-0.15, -0.1) is 0 Å². The Morgan fingerprint density at radius 3 is 2.56 bits per heavy atom. The first-order valence-electron chi connectivity index (χ1n) is 7.52. The third-order valence-electron chi connectivity index (χ3n) is 3.91. The van der Waals surface area contributed by atoms with Gasteiger partial charge in [-0.1, -0.05) is 29.3 Å². The van der Waals surface area contributed by atoms with Crippen LogP contribution in [0.5, 0.6) is 0 Å². The summed E-state index contributed by atoms with van der Waals surface area (Å²) in [5, 5.41) is 6.39. The van der Waals surface area contributed by atoms with Crippen LogP contribution in [0, 0.1) is 6.92 Å². The van der Waals surface area contributed by atoms with Crippen molar-refractivity contribution in [2.45, 2.75) is 13.5 Å². The number of benzene rings is 1. The largest absolute Gasteiger partial charge is 0.461 e. The van der Waals surface area contributed by atoms with Crippen LogP contribution in [-0.2, 0) is 6.54 Å². The molecule has 3 heterocycles. The summed E-state index contributed by atoms with van der Waals surface area (Å²) >= 11 is 12.6. The summed E-state index contributed by atoms with van der Waals surface area (Å²) in [4.78, 5) is 8.91. The molecule has 4 rings (SSSR count). The van der Waals surface area contributed by atoms with Gasteiger partial charge in [0, 0.05) is 15.6 Å². The summed E-state index contributed by atoms with van der Waals surface area (Å²) in [6, 6.07) is 8.93. The first-order chi connectivity index (χ1) is 12.0. The van der Waals surface area contributed by atoms with E-state index in [1.54, 1.807) is 41.3 Å². The van der Waals surface area contributed by atoms with E-state index in [0.717, 1.165) is 11.3 Å². The van der Waals surface area contributed by atoms with Gasteiger partial charge in [0.15, 0.2) is 17.2 Å². The van der Waals surface area contributed by atoms with Gasteiger partial charge in [0.1, 0.15) is 5.82 Å². The second-order valence-corrected chi connectivity index (χ2v) is 6.37. The van der Waals surface area contributed by atoms with Gasteiger partial charge in [0.2, 0.25) is 0 Å². The third-order valence-corrected chi connectivity index (χ3v) is 4.61. The summed E-state index contributed by atoms with van der Waals surface area (Å²) in [5.41, 5.74) is 8.24. The molecular weight excluding hydrogens is 361 g/mol. The highest BCUT2D eigenvalue weighted by Gasteiger charge is 2.18. The molecule has 0 atom stereocenters. The van der Waals surface area contributed by atoms with E-state index in [1.165, 1.54) is 0 Å². The Hall–Kier alpha value is -2.57. The molecule has 4 aromatic rings. The van der Waals surface area contributed by atoms with Crippen LogP contribution < -0.4 is 5.73 Å². The fraction of sp³-hybridized carbons (Fsp3) is 0.118. The van der Waals surface area contributed by atoms with Gasteiger partial charge in [-0.2, -0.15) is 5.10 Å². The molecule has 0 saturated carbocycles. The molecule has 6 nitrogen and oxygen atoms in total. The molecule has 0 bridgehead atoms. The number of nitrogen functional groups attached to an aromatic ring is 1. The molecule has 0 fully saturated rings. The highest BCUT2D eigenvalue weighted by Crippen LogP contribution is 2.29. The summed E-state index contributed by atoms with van der Waals surface area (Å²) in [5.74, 6) is 1.29. The van der Waals surface area contributed by atoms with Crippen molar-refractivity contribution in [3.8, 4) is 11.6 Å². The zero-order valence-electron chi connectivity index (χ0n) is 13.2. The Balaban J connectivity index is 1.90. The van der Waals surface area contributed by atoms with Gasteiger partial charge in [-0.05, 0) is 31.2 Å². The molecular formula is C17H13Cl2N5O. The predicted octanol–water partition coefficient (Wildman–Crippen LogP) is 4.33. The molecule has 8 heteroatoms. The van der Waals surface area contributed by atoms with Crippen LogP contribution >= 0.6 is 23.2 Å². The minimum atomic E-state index is 0.352. The molecule has 2 N–H and O–H groups in total. The van der Waals surface area contributed by atoms with Crippen molar-refractivity contribution in [2.75, 3.05) is 5.73 Å². The van der Waals surface area contributed by atoms with E-state index in [2.05, 4.69) is 15.1 Å². The van der Waals surface area contributed by atoms with Crippen LogP contribution in [0.15, 0.2) is 41.0 Å². The average Bonchev–Trinajstić information content (AvgIpc) is 3.20. The van der Waals surface area contributed by atoms with Crippen LogP contribution in [0.25, 0.3) is 22.6 Å². The predicted molar refractivity (Wildman–Crippen MR) is 97.7 cm³/mol. The van der Waals surface area contributed by atoms with Crippen molar-refractivity contribution >= 4 is 40.1 Å². The maximum absolute atomic E-state index is 6.28. The summed E-state index contributed by atoms with van der Waals surface area (Å²) < 4.78 is 7.10. The van der Waals surface area contributed by atoms with Crippen LogP contribution in [0.4, 0.5) is 5.82 Å². The van der Waals surface area contributed by atoms with E-state index in [-0.39, 0.29) is 0 Å². The summed E-state index contributed by atoms with van der Waals surface area (Å²) in [6.07, 6.45) is 1.56. The number of furan rings is 1. The Kier molecular flexibility index (Phi) is 3.86. The number of hydrogen-bond acceptors (Lipinski definition) is 5. The zero-order chi connectivity index (χ0) is 17.6. The number of aromatic nitrogens is 4. The normalized spacial score (nSPS) is 11.3. The Labute approximate surface area is 153 Å². The number of anilines is 1. The first-order valence-corrected chi connectivity index (χ1v) is 8.27. The number of halogens is 2. The molecule has 0 aliphatic carbocycles. The molecule has 3 aromatic heterocycles. The number of nitrogens with zero attached hydrogens (tertiary/aromatic N) is 4. The fourth-order valence-electron chi connectivity index (χ4n) is 2.74. The molecule has 25 heavy (non-hydrogen) atoms. The molecule has 0 unspecified atom stereocenters. The lowest BCUT2D eigenvalue weighted by atomic mass is 10.2. The first kappa shape index (κ1) is 15.9. The Morgan fingerprint density at radius 1 is 1.12 bits per heavy atom. The number of nitrogens with two attached hydrogens (primary N) is 1. The van der Waals surface area contributed by atoms with Gasteiger partial charge in [0.05, 0.1) is 23.9 Å². The quantitative estimate of drug-likeness (QED) is 0.577. The van der Waals surface area contributed by atoms with E-state index in [1.807, 2.05) is 6.92 Å². The number of hydrogen-bond donors (Lipinski definition) is 1. The van der Waals surface area contributed by atoms with Gasteiger partial charge < -0.3 is 10.2 Å². The average molecular weight is 374 g/mol. The highest BCUT2D eigenvalue weighted by atomic mass is 35.5. The topological polar surface area (TPSA) is 82.8 Å². The number of aryl methyl sites for hydroxylation is 1. The maximum Gasteiger partial charge on any atom is 0.199 e. The standard InChI is InChI=1S/C17H13Cl2N5O/c1-9-14-15(20)21-16(13-6-3-7-25-13)22-17(14)24(23-9)8-10-11(18)4-2-5-12(10)19/h2-7H,8H2,1H3,(H2,20,21,22). The highest BCUT2D eigenvalue weighted by molar-refractivity contribution is 6.36. The number of fused-ring (bicyclic) bond motifs is 1. The minimum Gasteiger partial charge on any atom is -0.461 e. The minimum absolute atomic E-state index is 0.352. The maximum atomic E-state index is 6.28. The molecule has 126 valence electrons. The van der Waals surface area contributed by atoms with E-state index in [4.69, 9.17) is 33.4 Å². The van der Waals surface area contributed by atoms with Crippen molar-refractivity contribution in [2.24, 2.45) is 0 Å². The van der Waals surface area contributed by atoms with E-state index in [0.29, 0.717) is 45.0 Å². The lowest BCUT2D eigenvalue weighted by Crippen LogP contribution is -2.05. The van der Waals surface area contributed by atoms with Crippen molar-refractivity contribution in [3.63, 3.8) is 0 Å². The molecule has 0 aliphatic rings. The van der Waals surface area contributed by atoms with Crippen LogP contribution in [-0.4, -0.2) is 19.7 Å². The van der Waals surface area contributed by atoms with Gasteiger partial charge >= 0.3 is 0 Å². The van der Waals surface area contributed by atoms with Crippen molar-refractivity contribution in [3.05, 3.63) is 57.9 Å². The second kappa shape index (κ2) is 6.06. The van der Waals surface area contributed by atoms with Crippen LogP contribution in [0.1, 0.15) is 11.3 Å². The lowest BCUT2D eigenvalue weighted by molar-refractivity contribution is 0.577. The van der Waals surface area contributed by atoms with Crippen molar-refractivity contribution in [1.82, 2.24) is 19.7 Å². The van der Waals surface area contributed by atoms with E-state index < -0.39 is 0 Å². The van der Waals surface area contributed by atoms with Crippen molar-refractivity contribution < 1.29 is 4.42 Å².